The number of halogens is 1. The molecule has 1 heterocycles. The molecule has 0 fully saturated rings. The molecule has 1 aromatic heterocycles. The molecule has 0 aliphatic rings. The summed E-state index contributed by atoms with van der Waals surface area (Å²) >= 11 is 5.84. The van der Waals surface area contributed by atoms with Crippen molar-refractivity contribution in [2.75, 3.05) is 18.2 Å². The molecular formula is C13H14ClN3O. The molecule has 0 bridgehead atoms. The monoisotopic (exact) mass is 263 g/mol. The van der Waals surface area contributed by atoms with Crippen LogP contribution in [0.2, 0.25) is 5.02 Å². The van der Waals surface area contributed by atoms with Gasteiger partial charge >= 0.3 is 0 Å². The molecule has 1 aromatic carbocycles. The van der Waals surface area contributed by atoms with Crippen LogP contribution in [0.15, 0.2) is 36.5 Å². The molecule has 0 unspecified atom stereocenters. The number of anilines is 2. The molecule has 0 amide bonds. The van der Waals surface area contributed by atoms with Crippen molar-refractivity contribution < 1.29 is 4.74 Å². The van der Waals surface area contributed by atoms with E-state index in [0.29, 0.717) is 23.1 Å². The van der Waals surface area contributed by atoms with E-state index in [1.165, 1.54) is 0 Å². The third-order valence-electron chi connectivity index (χ3n) is 2.50. The van der Waals surface area contributed by atoms with Crippen LogP contribution in [0.25, 0.3) is 0 Å². The lowest BCUT2D eigenvalue weighted by atomic mass is 10.2. The highest BCUT2D eigenvalue weighted by molar-refractivity contribution is 6.31. The zero-order valence-electron chi connectivity index (χ0n) is 9.98. The number of hydrogen-bond donors (Lipinski definition) is 2. The van der Waals surface area contributed by atoms with E-state index in [4.69, 9.17) is 22.1 Å². The van der Waals surface area contributed by atoms with Crippen LogP contribution in [-0.4, -0.2) is 12.1 Å². The second-order valence-corrected chi connectivity index (χ2v) is 4.23. The number of ether oxygens (including phenoxy) is 1. The maximum absolute atomic E-state index is 5.85. The van der Waals surface area contributed by atoms with E-state index in [1.807, 2.05) is 18.2 Å². The normalized spacial score (nSPS) is 10.1. The molecule has 4 nitrogen and oxygen atoms in total. The summed E-state index contributed by atoms with van der Waals surface area (Å²) in [5, 5.41) is 3.86. The lowest BCUT2D eigenvalue weighted by Crippen LogP contribution is -2.02. The molecule has 3 N–H and O–H groups in total. The Morgan fingerprint density at radius 2 is 2.17 bits per heavy atom. The molecule has 18 heavy (non-hydrogen) atoms. The summed E-state index contributed by atoms with van der Waals surface area (Å²) < 4.78 is 5.00. The number of benzene rings is 1. The van der Waals surface area contributed by atoms with Crippen LogP contribution in [-0.2, 0) is 6.54 Å². The van der Waals surface area contributed by atoms with Crippen LogP contribution in [0.4, 0.5) is 11.4 Å². The Kier molecular flexibility index (Phi) is 3.89. The molecule has 0 aliphatic heterocycles. The summed E-state index contributed by atoms with van der Waals surface area (Å²) in [5.41, 5.74) is 8.38. The number of rotatable bonds is 4. The van der Waals surface area contributed by atoms with E-state index in [0.717, 1.165) is 11.3 Å². The minimum atomic E-state index is 0.602. The average molecular weight is 264 g/mol. The number of nitrogens with two attached hydrogens (primary N) is 1. The van der Waals surface area contributed by atoms with Crippen molar-refractivity contribution in [3.8, 4) is 5.88 Å². The highest BCUT2D eigenvalue weighted by Crippen LogP contribution is 2.23. The van der Waals surface area contributed by atoms with Gasteiger partial charge in [0.05, 0.1) is 18.5 Å². The quantitative estimate of drug-likeness (QED) is 0.833. The number of hydrogen-bond acceptors (Lipinski definition) is 4. The van der Waals surface area contributed by atoms with E-state index in [-0.39, 0.29) is 0 Å². The van der Waals surface area contributed by atoms with E-state index < -0.39 is 0 Å². The maximum Gasteiger partial charge on any atom is 0.212 e. The van der Waals surface area contributed by atoms with E-state index in [9.17, 15) is 0 Å². The smallest absolute Gasteiger partial charge is 0.212 e. The fraction of sp³-hybridized carbons (Fsp3) is 0.154. The highest BCUT2D eigenvalue weighted by Gasteiger charge is 2.00. The lowest BCUT2D eigenvalue weighted by molar-refractivity contribution is 0.397. The van der Waals surface area contributed by atoms with E-state index in [1.54, 1.807) is 25.4 Å². The third-order valence-corrected chi connectivity index (χ3v) is 2.74. The van der Waals surface area contributed by atoms with Crippen LogP contribution in [0.5, 0.6) is 5.88 Å². The minimum Gasteiger partial charge on any atom is -0.481 e. The van der Waals surface area contributed by atoms with Gasteiger partial charge < -0.3 is 15.8 Å². The van der Waals surface area contributed by atoms with Crippen molar-refractivity contribution in [3.63, 3.8) is 0 Å². The summed E-state index contributed by atoms with van der Waals surface area (Å²) in [6, 6.07) is 9.14. The Morgan fingerprint density at radius 1 is 1.33 bits per heavy atom. The molecule has 0 aliphatic carbocycles. The van der Waals surface area contributed by atoms with Crippen molar-refractivity contribution >= 4 is 23.0 Å². The molecule has 94 valence electrons. The van der Waals surface area contributed by atoms with Crippen LogP contribution in [0.1, 0.15) is 5.56 Å². The van der Waals surface area contributed by atoms with Gasteiger partial charge in [-0.1, -0.05) is 17.7 Å². The summed E-state index contributed by atoms with van der Waals surface area (Å²) in [6.45, 7) is 0.642. The molecule has 0 radical (unpaired) electrons. The van der Waals surface area contributed by atoms with Gasteiger partial charge in [-0.15, -0.1) is 0 Å². The number of aromatic nitrogens is 1. The Hall–Kier alpha value is -1.94. The summed E-state index contributed by atoms with van der Waals surface area (Å²) in [4.78, 5) is 4.13. The van der Waals surface area contributed by atoms with Gasteiger partial charge in [-0.05, 0) is 23.8 Å². The van der Waals surface area contributed by atoms with Gasteiger partial charge in [0.2, 0.25) is 5.88 Å². The predicted molar refractivity (Wildman–Crippen MR) is 74.0 cm³/mol. The van der Waals surface area contributed by atoms with Crippen molar-refractivity contribution in [2.45, 2.75) is 6.54 Å². The molecule has 0 saturated carbocycles. The first-order valence-corrected chi connectivity index (χ1v) is 5.84. The maximum atomic E-state index is 5.85. The van der Waals surface area contributed by atoms with Crippen LogP contribution in [0.3, 0.4) is 0 Å². The first-order valence-electron chi connectivity index (χ1n) is 5.47. The second kappa shape index (κ2) is 5.60. The molecule has 2 aromatic rings. The molecule has 0 spiro atoms. The first-order chi connectivity index (χ1) is 8.69. The van der Waals surface area contributed by atoms with Crippen molar-refractivity contribution in [1.82, 2.24) is 4.98 Å². The fourth-order valence-corrected chi connectivity index (χ4v) is 1.71. The van der Waals surface area contributed by atoms with Crippen molar-refractivity contribution in [3.05, 3.63) is 47.1 Å². The van der Waals surface area contributed by atoms with Crippen molar-refractivity contribution in [2.24, 2.45) is 0 Å². The summed E-state index contributed by atoms with van der Waals surface area (Å²) in [5.74, 6) is 0.602. The first kappa shape index (κ1) is 12.5. The summed E-state index contributed by atoms with van der Waals surface area (Å²) in [7, 11) is 1.59. The van der Waals surface area contributed by atoms with E-state index in [2.05, 4.69) is 10.3 Å². The van der Waals surface area contributed by atoms with E-state index >= 15 is 0 Å². The molecular weight excluding hydrogens is 250 g/mol. The second-order valence-electron chi connectivity index (χ2n) is 3.79. The van der Waals surface area contributed by atoms with Crippen molar-refractivity contribution in [1.29, 1.82) is 0 Å². The number of nitrogen functional groups attached to an aromatic ring is 1. The third kappa shape index (κ3) is 3.05. The number of pyridine rings is 1. The number of nitrogens with zero attached hydrogens (tertiary/aromatic N) is 1. The van der Waals surface area contributed by atoms with Gasteiger partial charge in [-0.2, -0.15) is 0 Å². The Morgan fingerprint density at radius 3 is 2.78 bits per heavy atom. The van der Waals surface area contributed by atoms with Crippen LogP contribution in [0, 0.1) is 0 Å². The topological polar surface area (TPSA) is 60.2 Å². The molecule has 5 heteroatoms. The van der Waals surface area contributed by atoms with Crippen LogP contribution < -0.4 is 15.8 Å². The Bertz CT molecular complexity index is 528. The predicted octanol–water partition coefficient (Wildman–Crippen LogP) is 2.94. The summed E-state index contributed by atoms with van der Waals surface area (Å²) in [6.07, 6.45) is 1.76. The number of methoxy groups -OCH3 is 1. The molecule has 0 saturated heterocycles. The van der Waals surface area contributed by atoms with Gasteiger partial charge in [0.15, 0.2) is 0 Å². The fourth-order valence-electron chi connectivity index (χ4n) is 1.53. The highest BCUT2D eigenvalue weighted by atomic mass is 35.5. The van der Waals surface area contributed by atoms with Crippen LogP contribution >= 0.6 is 11.6 Å². The zero-order valence-corrected chi connectivity index (χ0v) is 10.7. The zero-order chi connectivity index (χ0) is 13.0. The van der Waals surface area contributed by atoms with Gasteiger partial charge in [-0.3, -0.25) is 0 Å². The standard InChI is InChI=1S/C13H14ClN3O/c1-18-13-5-2-9(8-17-13)7-16-12-4-3-10(14)6-11(12)15/h2-6,8,16H,7,15H2,1H3. The molecule has 0 atom stereocenters. The van der Waals surface area contributed by atoms with Gasteiger partial charge in [0.1, 0.15) is 0 Å². The largest absolute Gasteiger partial charge is 0.481 e. The average Bonchev–Trinajstić information content (AvgIpc) is 2.38. The molecule has 2 rings (SSSR count). The van der Waals surface area contributed by atoms with Gasteiger partial charge in [-0.25, -0.2) is 4.98 Å². The minimum absolute atomic E-state index is 0.602. The Labute approximate surface area is 111 Å². The van der Waals surface area contributed by atoms with Gasteiger partial charge in [0, 0.05) is 23.8 Å². The Balaban J connectivity index is 2.02. The number of nitrogens with one attached hydrogen (secondary N) is 1. The lowest BCUT2D eigenvalue weighted by Gasteiger charge is -2.09. The SMILES string of the molecule is COc1ccc(CNc2ccc(Cl)cc2N)cn1. The van der Waals surface area contributed by atoms with Gasteiger partial charge in [0.25, 0.3) is 0 Å².